The lowest BCUT2D eigenvalue weighted by molar-refractivity contribution is 0.357. The fraction of sp³-hybridized carbons (Fsp3) is 0.250. The minimum absolute atomic E-state index is 0.340. The molecule has 0 saturated carbocycles. The number of methoxy groups -OCH3 is 2. The molecule has 2 aromatic rings. The molecule has 0 unspecified atom stereocenters. The second-order valence-corrected chi connectivity index (χ2v) is 3.25. The predicted molar refractivity (Wildman–Crippen MR) is 50.5 cm³/mol. The molecule has 13 heavy (non-hydrogen) atoms. The van der Waals surface area contributed by atoms with Crippen molar-refractivity contribution in [3.05, 3.63) is 11.4 Å². The van der Waals surface area contributed by atoms with Gasteiger partial charge in [-0.15, -0.1) is 11.3 Å². The smallest absolute Gasteiger partial charge is 0.320 e. The number of nitrogens with zero attached hydrogens (tertiary/aromatic N) is 2. The molecule has 0 fully saturated rings. The quantitative estimate of drug-likeness (QED) is 0.733. The van der Waals surface area contributed by atoms with Gasteiger partial charge >= 0.3 is 6.01 Å². The molecular weight excluding hydrogens is 188 g/mol. The highest BCUT2D eigenvalue weighted by molar-refractivity contribution is 7.16. The molecule has 2 heterocycles. The van der Waals surface area contributed by atoms with E-state index in [0.717, 1.165) is 10.2 Å². The number of aromatic nitrogens is 2. The normalized spacial score (nSPS) is 10.3. The van der Waals surface area contributed by atoms with E-state index in [1.807, 2.05) is 11.4 Å². The van der Waals surface area contributed by atoms with Crippen LogP contribution in [0.1, 0.15) is 0 Å². The second-order valence-electron chi connectivity index (χ2n) is 2.36. The van der Waals surface area contributed by atoms with Gasteiger partial charge < -0.3 is 9.47 Å². The Morgan fingerprint density at radius 2 is 2.08 bits per heavy atom. The molecule has 4 nitrogen and oxygen atoms in total. The molecule has 0 N–H and O–H groups in total. The number of hydrogen-bond donors (Lipinski definition) is 0. The lowest BCUT2D eigenvalue weighted by atomic mass is 10.4. The first-order valence-corrected chi connectivity index (χ1v) is 4.56. The maximum atomic E-state index is 5.10. The maximum Gasteiger partial charge on any atom is 0.320 e. The van der Waals surface area contributed by atoms with Crippen LogP contribution in [0.2, 0.25) is 0 Å². The number of hydrogen-bond acceptors (Lipinski definition) is 5. The predicted octanol–water partition coefficient (Wildman–Crippen LogP) is 1.71. The van der Waals surface area contributed by atoms with Crippen LogP contribution in [0.15, 0.2) is 11.4 Å². The Morgan fingerprint density at radius 1 is 1.23 bits per heavy atom. The largest absolute Gasteiger partial charge is 0.480 e. The first-order chi connectivity index (χ1) is 6.35. The summed E-state index contributed by atoms with van der Waals surface area (Å²) in [4.78, 5) is 9.11. The minimum Gasteiger partial charge on any atom is -0.480 e. The Hall–Kier alpha value is -1.36. The Kier molecular flexibility index (Phi) is 2.02. The Balaban J connectivity index is 2.70. The van der Waals surface area contributed by atoms with Crippen LogP contribution >= 0.6 is 11.3 Å². The first kappa shape index (κ1) is 8.25. The fourth-order valence-corrected chi connectivity index (χ4v) is 1.80. The topological polar surface area (TPSA) is 44.2 Å². The van der Waals surface area contributed by atoms with E-state index in [2.05, 4.69) is 9.97 Å². The highest BCUT2D eigenvalue weighted by Crippen LogP contribution is 2.28. The van der Waals surface area contributed by atoms with Crippen LogP contribution < -0.4 is 9.47 Å². The van der Waals surface area contributed by atoms with Gasteiger partial charge in [-0.25, -0.2) is 0 Å². The molecule has 2 rings (SSSR count). The summed E-state index contributed by atoms with van der Waals surface area (Å²) in [7, 11) is 3.12. The van der Waals surface area contributed by atoms with Gasteiger partial charge in [0.15, 0.2) is 0 Å². The third kappa shape index (κ3) is 1.31. The molecule has 68 valence electrons. The maximum absolute atomic E-state index is 5.10. The molecule has 2 aromatic heterocycles. The monoisotopic (exact) mass is 196 g/mol. The molecule has 0 spiro atoms. The molecular formula is C8H8N2O2S. The van der Waals surface area contributed by atoms with Crippen molar-refractivity contribution in [3.63, 3.8) is 0 Å². The number of rotatable bonds is 2. The lowest BCUT2D eigenvalue weighted by Crippen LogP contribution is -1.94. The number of thiophene rings is 1. The van der Waals surface area contributed by atoms with Crippen molar-refractivity contribution < 1.29 is 9.47 Å². The van der Waals surface area contributed by atoms with Crippen molar-refractivity contribution in [3.8, 4) is 11.9 Å². The summed E-state index contributed by atoms with van der Waals surface area (Å²) >= 11 is 1.54. The average molecular weight is 196 g/mol. The minimum atomic E-state index is 0.340. The Labute approximate surface area is 79.1 Å². The highest BCUT2D eigenvalue weighted by atomic mass is 32.1. The molecule has 0 aliphatic heterocycles. The number of fused-ring (bicyclic) bond motifs is 1. The van der Waals surface area contributed by atoms with E-state index < -0.39 is 0 Å². The van der Waals surface area contributed by atoms with Crippen LogP contribution in [0.5, 0.6) is 11.9 Å². The summed E-state index contributed by atoms with van der Waals surface area (Å²) in [6.07, 6.45) is 0. The molecule has 0 aromatic carbocycles. The number of ether oxygens (including phenoxy) is 2. The van der Waals surface area contributed by atoms with E-state index in [1.54, 1.807) is 7.11 Å². The van der Waals surface area contributed by atoms with E-state index >= 15 is 0 Å². The first-order valence-electron chi connectivity index (χ1n) is 3.68. The van der Waals surface area contributed by atoms with Crippen LogP contribution in [-0.2, 0) is 0 Å². The summed E-state index contributed by atoms with van der Waals surface area (Å²) in [5, 5.41) is 2.87. The van der Waals surface area contributed by atoms with Crippen molar-refractivity contribution >= 4 is 21.6 Å². The van der Waals surface area contributed by atoms with Gasteiger partial charge in [-0.1, -0.05) is 0 Å². The van der Waals surface area contributed by atoms with Crippen molar-refractivity contribution in [1.29, 1.82) is 0 Å². The van der Waals surface area contributed by atoms with Crippen LogP contribution in [-0.4, -0.2) is 24.2 Å². The average Bonchev–Trinajstić information content (AvgIpc) is 2.63. The zero-order valence-electron chi connectivity index (χ0n) is 7.27. The van der Waals surface area contributed by atoms with E-state index in [4.69, 9.17) is 9.47 Å². The summed E-state index contributed by atoms with van der Waals surface area (Å²) in [5.74, 6) is 0.558. The van der Waals surface area contributed by atoms with Gasteiger partial charge in [0.05, 0.1) is 19.6 Å². The van der Waals surface area contributed by atoms with Gasteiger partial charge in [-0.2, -0.15) is 9.97 Å². The molecule has 0 bridgehead atoms. The van der Waals surface area contributed by atoms with E-state index in [0.29, 0.717) is 11.9 Å². The van der Waals surface area contributed by atoms with Crippen LogP contribution in [0, 0.1) is 0 Å². The van der Waals surface area contributed by atoms with Crippen molar-refractivity contribution in [1.82, 2.24) is 9.97 Å². The van der Waals surface area contributed by atoms with Gasteiger partial charge in [0.1, 0.15) is 4.83 Å². The van der Waals surface area contributed by atoms with Crippen molar-refractivity contribution in [2.24, 2.45) is 0 Å². The molecule has 0 radical (unpaired) electrons. The third-order valence-corrected chi connectivity index (χ3v) is 2.45. The van der Waals surface area contributed by atoms with Gasteiger partial charge in [-0.3, -0.25) is 0 Å². The summed E-state index contributed by atoms with van der Waals surface area (Å²) in [5.41, 5.74) is 0. The lowest BCUT2D eigenvalue weighted by Gasteiger charge is -2.02. The molecule has 0 amide bonds. The highest BCUT2D eigenvalue weighted by Gasteiger charge is 2.08. The van der Waals surface area contributed by atoms with Gasteiger partial charge in [-0.05, 0) is 11.4 Å². The van der Waals surface area contributed by atoms with E-state index in [-0.39, 0.29) is 0 Å². The van der Waals surface area contributed by atoms with Crippen molar-refractivity contribution in [2.45, 2.75) is 0 Å². The second kappa shape index (κ2) is 3.18. The summed E-state index contributed by atoms with van der Waals surface area (Å²) < 4.78 is 10.0. The molecule has 0 aliphatic carbocycles. The molecule has 5 heteroatoms. The van der Waals surface area contributed by atoms with Gasteiger partial charge in [0, 0.05) is 0 Å². The zero-order valence-corrected chi connectivity index (χ0v) is 8.09. The third-order valence-electron chi connectivity index (χ3n) is 1.65. The van der Waals surface area contributed by atoms with Gasteiger partial charge in [0.25, 0.3) is 0 Å². The van der Waals surface area contributed by atoms with E-state index in [9.17, 15) is 0 Å². The summed E-state index contributed by atoms with van der Waals surface area (Å²) in [6, 6.07) is 2.27. The molecule has 0 aliphatic rings. The van der Waals surface area contributed by atoms with Gasteiger partial charge in [0.2, 0.25) is 5.88 Å². The van der Waals surface area contributed by atoms with Crippen LogP contribution in [0.4, 0.5) is 0 Å². The molecule has 0 atom stereocenters. The standard InChI is InChI=1S/C8H8N2O2S/c1-11-6-5-3-4-13-7(5)10-8(9-6)12-2/h3-4H,1-2H3. The zero-order chi connectivity index (χ0) is 9.26. The summed E-state index contributed by atoms with van der Waals surface area (Å²) in [6.45, 7) is 0. The molecule has 0 saturated heterocycles. The SMILES string of the molecule is COc1nc(OC)c2ccsc2n1. The van der Waals surface area contributed by atoms with Crippen LogP contribution in [0.25, 0.3) is 10.2 Å². The van der Waals surface area contributed by atoms with Crippen LogP contribution in [0.3, 0.4) is 0 Å². The Bertz CT molecular complexity index is 427. The Morgan fingerprint density at radius 3 is 2.77 bits per heavy atom. The fourth-order valence-electron chi connectivity index (χ4n) is 1.06. The van der Waals surface area contributed by atoms with E-state index in [1.165, 1.54) is 18.4 Å². The van der Waals surface area contributed by atoms with Crippen molar-refractivity contribution in [2.75, 3.05) is 14.2 Å².